The molecule has 0 spiro atoms. The van der Waals surface area contributed by atoms with Crippen molar-refractivity contribution in [3.05, 3.63) is 48.3 Å². The lowest BCUT2D eigenvalue weighted by molar-refractivity contribution is 0.0734. The van der Waals surface area contributed by atoms with Crippen molar-refractivity contribution in [2.45, 2.75) is 0 Å². The summed E-state index contributed by atoms with van der Waals surface area (Å²) in [7, 11) is 1.76. The van der Waals surface area contributed by atoms with Crippen LogP contribution in [0.15, 0.2) is 42.7 Å². The first kappa shape index (κ1) is 9.45. The highest BCUT2D eigenvalue weighted by Crippen LogP contribution is 2.10. The summed E-state index contributed by atoms with van der Waals surface area (Å²) >= 11 is 0. The minimum absolute atomic E-state index is 0.372. The maximum Gasteiger partial charge on any atom is 0.343 e. The summed E-state index contributed by atoms with van der Waals surface area (Å²) in [6.07, 6.45) is 3.14. The number of hydrogen-bond acceptors (Lipinski definition) is 3. The Balaban J connectivity index is 2.11. The minimum atomic E-state index is -0.372. The maximum absolute atomic E-state index is 11.6. The van der Waals surface area contributed by atoms with E-state index in [2.05, 4.69) is 5.10 Å². The largest absolute Gasteiger partial charge is 0.420 e. The lowest BCUT2D eigenvalue weighted by atomic mass is 10.2. The lowest BCUT2D eigenvalue weighted by Gasteiger charge is -2.00. The van der Waals surface area contributed by atoms with E-state index in [1.165, 1.54) is 6.20 Å². The van der Waals surface area contributed by atoms with Crippen LogP contribution in [0.4, 0.5) is 0 Å². The highest BCUT2D eigenvalue weighted by Gasteiger charge is 2.08. The molecule has 1 aromatic heterocycles. The molecule has 0 unspecified atom stereocenters. The van der Waals surface area contributed by atoms with Crippen molar-refractivity contribution in [1.82, 2.24) is 9.78 Å². The highest BCUT2D eigenvalue weighted by atomic mass is 16.5. The number of aryl methyl sites for hydroxylation is 1. The van der Waals surface area contributed by atoms with Crippen LogP contribution in [0.3, 0.4) is 0 Å². The molecular formula is C11H10N2O2. The van der Waals surface area contributed by atoms with Gasteiger partial charge in [0.05, 0.1) is 18.0 Å². The van der Waals surface area contributed by atoms with Crippen LogP contribution in [0.1, 0.15) is 10.4 Å². The van der Waals surface area contributed by atoms with Gasteiger partial charge in [0.1, 0.15) is 0 Å². The first-order valence-electron chi connectivity index (χ1n) is 4.51. The van der Waals surface area contributed by atoms with Crippen LogP contribution in [0.2, 0.25) is 0 Å². The van der Waals surface area contributed by atoms with Crippen LogP contribution in [-0.2, 0) is 7.05 Å². The Kier molecular flexibility index (Phi) is 2.49. The molecule has 0 fully saturated rings. The Labute approximate surface area is 87.1 Å². The first-order valence-corrected chi connectivity index (χ1v) is 4.51. The fourth-order valence-corrected chi connectivity index (χ4v) is 1.19. The molecule has 76 valence electrons. The van der Waals surface area contributed by atoms with Crippen molar-refractivity contribution in [3.63, 3.8) is 0 Å². The van der Waals surface area contributed by atoms with Crippen LogP contribution in [0, 0.1) is 0 Å². The van der Waals surface area contributed by atoms with Crippen molar-refractivity contribution in [3.8, 4) is 5.75 Å². The molecule has 0 atom stereocenters. The van der Waals surface area contributed by atoms with Crippen LogP contribution in [0.25, 0.3) is 0 Å². The molecule has 2 rings (SSSR count). The number of hydrogen-bond donors (Lipinski definition) is 0. The Morgan fingerprint density at radius 3 is 2.67 bits per heavy atom. The van der Waals surface area contributed by atoms with Crippen LogP contribution in [-0.4, -0.2) is 15.7 Å². The molecule has 0 saturated heterocycles. The quantitative estimate of drug-likeness (QED) is 0.695. The van der Waals surface area contributed by atoms with Crippen LogP contribution < -0.4 is 4.74 Å². The number of esters is 1. The Bertz CT molecular complexity index is 462. The summed E-state index contributed by atoms with van der Waals surface area (Å²) in [5.74, 6) is 0.0787. The van der Waals surface area contributed by atoms with E-state index in [9.17, 15) is 4.79 Å². The second kappa shape index (κ2) is 3.96. The summed E-state index contributed by atoms with van der Waals surface area (Å²) in [6, 6.07) is 8.85. The highest BCUT2D eigenvalue weighted by molar-refractivity contribution is 5.90. The van der Waals surface area contributed by atoms with Crippen LogP contribution >= 0.6 is 0 Å². The monoisotopic (exact) mass is 202 g/mol. The third-order valence-electron chi connectivity index (χ3n) is 1.90. The van der Waals surface area contributed by atoms with Crippen molar-refractivity contribution >= 4 is 5.97 Å². The van der Waals surface area contributed by atoms with Gasteiger partial charge < -0.3 is 4.74 Å². The van der Waals surface area contributed by atoms with Crippen molar-refractivity contribution in [1.29, 1.82) is 0 Å². The molecule has 0 N–H and O–H groups in total. The number of carbonyl (C=O) groups excluding carboxylic acids is 1. The van der Waals surface area contributed by atoms with E-state index in [0.29, 0.717) is 11.3 Å². The molecule has 0 aliphatic rings. The predicted molar refractivity (Wildman–Crippen MR) is 54.6 cm³/mol. The smallest absolute Gasteiger partial charge is 0.343 e. The van der Waals surface area contributed by atoms with E-state index in [1.807, 2.05) is 6.07 Å². The van der Waals surface area contributed by atoms with Gasteiger partial charge in [-0.05, 0) is 12.1 Å². The standard InChI is InChI=1S/C11H10N2O2/c1-13-8-10(7-12-13)15-11(14)9-5-3-2-4-6-9/h2-8H,1H3. The lowest BCUT2D eigenvalue weighted by Crippen LogP contribution is -2.07. The van der Waals surface area contributed by atoms with Gasteiger partial charge >= 0.3 is 5.97 Å². The second-order valence-corrected chi connectivity index (χ2v) is 3.11. The van der Waals surface area contributed by atoms with E-state index >= 15 is 0 Å². The van der Waals surface area contributed by atoms with Gasteiger partial charge in [-0.15, -0.1) is 0 Å². The van der Waals surface area contributed by atoms with Gasteiger partial charge in [0.2, 0.25) is 0 Å². The molecule has 0 saturated carbocycles. The van der Waals surface area contributed by atoms with E-state index in [1.54, 1.807) is 42.2 Å². The van der Waals surface area contributed by atoms with E-state index < -0.39 is 0 Å². The van der Waals surface area contributed by atoms with Gasteiger partial charge in [0.25, 0.3) is 0 Å². The molecule has 2 aromatic rings. The average molecular weight is 202 g/mol. The molecule has 4 nitrogen and oxygen atoms in total. The van der Waals surface area contributed by atoms with Gasteiger partial charge in [-0.3, -0.25) is 4.68 Å². The second-order valence-electron chi connectivity index (χ2n) is 3.11. The fourth-order valence-electron chi connectivity index (χ4n) is 1.19. The molecule has 4 heteroatoms. The summed E-state index contributed by atoms with van der Waals surface area (Å²) in [5, 5.41) is 3.90. The average Bonchev–Trinajstić information content (AvgIpc) is 2.65. The van der Waals surface area contributed by atoms with Gasteiger partial charge in [-0.2, -0.15) is 5.10 Å². The maximum atomic E-state index is 11.6. The fraction of sp³-hybridized carbons (Fsp3) is 0.0909. The normalized spacial score (nSPS) is 9.93. The van der Waals surface area contributed by atoms with Gasteiger partial charge in [-0.25, -0.2) is 4.79 Å². The molecule has 1 heterocycles. The molecule has 0 aliphatic heterocycles. The molecule has 0 aliphatic carbocycles. The number of aromatic nitrogens is 2. The van der Waals surface area contributed by atoms with E-state index in [-0.39, 0.29) is 5.97 Å². The molecular weight excluding hydrogens is 192 g/mol. The predicted octanol–water partition coefficient (Wildman–Crippen LogP) is 1.64. The summed E-state index contributed by atoms with van der Waals surface area (Å²) in [6.45, 7) is 0. The van der Waals surface area contributed by atoms with Crippen LogP contribution in [0.5, 0.6) is 5.75 Å². The van der Waals surface area contributed by atoms with Crippen molar-refractivity contribution in [2.75, 3.05) is 0 Å². The molecule has 1 aromatic carbocycles. The molecule has 0 amide bonds. The van der Waals surface area contributed by atoms with E-state index in [0.717, 1.165) is 0 Å². The van der Waals surface area contributed by atoms with E-state index in [4.69, 9.17) is 4.74 Å². The minimum Gasteiger partial charge on any atom is -0.420 e. The first-order chi connectivity index (χ1) is 7.25. The van der Waals surface area contributed by atoms with Gasteiger partial charge in [0, 0.05) is 7.05 Å². The number of carbonyl (C=O) groups is 1. The van der Waals surface area contributed by atoms with Gasteiger partial charge in [-0.1, -0.05) is 18.2 Å². The topological polar surface area (TPSA) is 44.1 Å². The number of benzene rings is 1. The van der Waals surface area contributed by atoms with Crippen molar-refractivity contribution < 1.29 is 9.53 Å². The molecule has 0 radical (unpaired) electrons. The van der Waals surface area contributed by atoms with Crippen molar-refractivity contribution in [2.24, 2.45) is 7.05 Å². The summed E-state index contributed by atoms with van der Waals surface area (Å²) in [5.41, 5.74) is 0.529. The summed E-state index contributed by atoms with van der Waals surface area (Å²) < 4.78 is 6.68. The zero-order valence-corrected chi connectivity index (χ0v) is 8.25. The Morgan fingerprint density at radius 2 is 2.07 bits per heavy atom. The zero-order valence-electron chi connectivity index (χ0n) is 8.25. The number of rotatable bonds is 2. The third-order valence-corrected chi connectivity index (χ3v) is 1.90. The van der Waals surface area contributed by atoms with Gasteiger partial charge in [0.15, 0.2) is 5.75 Å². The third kappa shape index (κ3) is 2.22. The SMILES string of the molecule is Cn1cc(OC(=O)c2ccccc2)cn1. The molecule has 0 bridgehead atoms. The Hall–Kier alpha value is -2.10. The number of ether oxygens (including phenoxy) is 1. The number of nitrogens with zero attached hydrogens (tertiary/aromatic N) is 2. The molecule has 15 heavy (non-hydrogen) atoms. The Morgan fingerprint density at radius 1 is 1.33 bits per heavy atom. The zero-order chi connectivity index (χ0) is 10.7. The summed E-state index contributed by atoms with van der Waals surface area (Å²) in [4.78, 5) is 11.6.